The summed E-state index contributed by atoms with van der Waals surface area (Å²) in [5.74, 6) is -1.29. The lowest BCUT2D eigenvalue weighted by atomic mass is 9.99. The standard InChI is InChI=1S/C19H19N3O4/c23-16-10-14-9-15(8-13-2-1-6-22(16)17(13)14)21-19(25)18(24)20-5-3-12-4-7-26-11-12/h4,7-9,11H,1-3,5-6,10H2,(H,20,24)(H,21,25). The van der Waals surface area contributed by atoms with Crippen molar-refractivity contribution >= 4 is 29.1 Å². The number of hydrogen-bond acceptors (Lipinski definition) is 4. The highest BCUT2D eigenvalue weighted by Crippen LogP contribution is 2.38. The van der Waals surface area contributed by atoms with Crippen molar-refractivity contribution in [1.29, 1.82) is 0 Å². The van der Waals surface area contributed by atoms with E-state index in [0.717, 1.165) is 41.8 Å². The van der Waals surface area contributed by atoms with Gasteiger partial charge in [-0.25, -0.2) is 0 Å². The molecule has 2 aliphatic heterocycles. The first-order valence-corrected chi connectivity index (χ1v) is 8.68. The number of carbonyl (C=O) groups is 3. The minimum atomic E-state index is -0.707. The average Bonchev–Trinajstić information content (AvgIpc) is 3.24. The number of nitrogens with one attached hydrogen (secondary N) is 2. The Morgan fingerprint density at radius 3 is 2.85 bits per heavy atom. The molecule has 4 rings (SSSR count). The highest BCUT2D eigenvalue weighted by molar-refractivity contribution is 6.39. The molecule has 0 fully saturated rings. The predicted octanol–water partition coefficient (Wildman–Crippen LogP) is 1.41. The van der Waals surface area contributed by atoms with Crippen molar-refractivity contribution in [3.05, 3.63) is 47.4 Å². The van der Waals surface area contributed by atoms with Gasteiger partial charge in [0.25, 0.3) is 0 Å². The largest absolute Gasteiger partial charge is 0.472 e. The normalized spacial score (nSPS) is 14.9. The van der Waals surface area contributed by atoms with Gasteiger partial charge in [-0.05, 0) is 54.2 Å². The molecule has 0 saturated heterocycles. The number of aryl methyl sites for hydroxylation is 1. The zero-order chi connectivity index (χ0) is 18.1. The zero-order valence-corrected chi connectivity index (χ0v) is 14.2. The first-order valence-electron chi connectivity index (χ1n) is 8.68. The number of anilines is 2. The molecular formula is C19H19N3O4. The summed E-state index contributed by atoms with van der Waals surface area (Å²) in [6.45, 7) is 1.11. The molecule has 1 aromatic carbocycles. The second kappa shape index (κ2) is 6.67. The van der Waals surface area contributed by atoms with Gasteiger partial charge in [0, 0.05) is 18.8 Å². The Morgan fingerprint density at radius 1 is 1.19 bits per heavy atom. The molecule has 2 N–H and O–H groups in total. The smallest absolute Gasteiger partial charge is 0.313 e. The third-order valence-corrected chi connectivity index (χ3v) is 4.75. The fourth-order valence-corrected chi connectivity index (χ4v) is 3.57. The molecule has 1 aromatic heterocycles. The summed E-state index contributed by atoms with van der Waals surface area (Å²) >= 11 is 0. The number of furan rings is 1. The van der Waals surface area contributed by atoms with Crippen LogP contribution in [-0.2, 0) is 33.6 Å². The van der Waals surface area contributed by atoms with E-state index in [-0.39, 0.29) is 5.91 Å². The summed E-state index contributed by atoms with van der Waals surface area (Å²) in [5, 5.41) is 5.24. The summed E-state index contributed by atoms with van der Waals surface area (Å²) in [6.07, 6.45) is 5.89. The summed E-state index contributed by atoms with van der Waals surface area (Å²) in [4.78, 5) is 38.0. The van der Waals surface area contributed by atoms with Crippen LogP contribution in [0.3, 0.4) is 0 Å². The van der Waals surface area contributed by atoms with Crippen molar-refractivity contribution in [3.8, 4) is 0 Å². The fourth-order valence-electron chi connectivity index (χ4n) is 3.57. The predicted molar refractivity (Wildman–Crippen MR) is 94.9 cm³/mol. The molecule has 2 aliphatic rings. The molecule has 7 heteroatoms. The average molecular weight is 353 g/mol. The van der Waals surface area contributed by atoms with Crippen molar-refractivity contribution in [2.45, 2.75) is 25.7 Å². The fraction of sp³-hybridized carbons (Fsp3) is 0.316. The van der Waals surface area contributed by atoms with Gasteiger partial charge in [0.2, 0.25) is 5.91 Å². The Hall–Kier alpha value is -3.09. The second-order valence-corrected chi connectivity index (χ2v) is 6.56. The molecule has 3 heterocycles. The van der Waals surface area contributed by atoms with Gasteiger partial charge in [-0.3, -0.25) is 14.4 Å². The minimum absolute atomic E-state index is 0.0985. The quantitative estimate of drug-likeness (QED) is 0.813. The molecule has 0 radical (unpaired) electrons. The lowest BCUT2D eigenvalue weighted by Gasteiger charge is -2.26. The number of hydrogen-bond donors (Lipinski definition) is 2. The van der Waals surface area contributed by atoms with E-state index < -0.39 is 11.8 Å². The summed E-state index contributed by atoms with van der Waals surface area (Å²) in [7, 11) is 0. The molecule has 0 bridgehead atoms. The monoisotopic (exact) mass is 353 g/mol. The van der Waals surface area contributed by atoms with Gasteiger partial charge < -0.3 is 20.0 Å². The van der Waals surface area contributed by atoms with Crippen LogP contribution in [0.15, 0.2) is 35.1 Å². The maximum atomic E-state index is 12.1. The van der Waals surface area contributed by atoms with Gasteiger partial charge in [0.1, 0.15) is 0 Å². The maximum Gasteiger partial charge on any atom is 0.313 e. The number of rotatable bonds is 4. The van der Waals surface area contributed by atoms with Gasteiger partial charge in [0.05, 0.1) is 24.6 Å². The lowest BCUT2D eigenvalue weighted by Crippen LogP contribution is -2.36. The molecule has 0 atom stereocenters. The van der Waals surface area contributed by atoms with E-state index in [9.17, 15) is 14.4 Å². The molecule has 134 valence electrons. The molecule has 0 aliphatic carbocycles. The van der Waals surface area contributed by atoms with Crippen molar-refractivity contribution in [2.24, 2.45) is 0 Å². The number of carbonyl (C=O) groups excluding carboxylic acids is 3. The van der Waals surface area contributed by atoms with Crippen molar-refractivity contribution in [3.63, 3.8) is 0 Å². The molecule has 7 nitrogen and oxygen atoms in total. The summed E-state index contributed by atoms with van der Waals surface area (Å²) in [6, 6.07) is 5.46. The van der Waals surface area contributed by atoms with Gasteiger partial charge in [-0.15, -0.1) is 0 Å². The third-order valence-electron chi connectivity index (χ3n) is 4.75. The van der Waals surface area contributed by atoms with Crippen molar-refractivity contribution in [2.75, 3.05) is 23.3 Å². The first kappa shape index (κ1) is 16.4. The molecule has 26 heavy (non-hydrogen) atoms. The molecule has 0 spiro atoms. The lowest BCUT2D eigenvalue weighted by molar-refractivity contribution is -0.136. The first-order chi connectivity index (χ1) is 12.6. The van der Waals surface area contributed by atoms with Crippen molar-refractivity contribution in [1.82, 2.24) is 5.32 Å². The Balaban J connectivity index is 1.39. The van der Waals surface area contributed by atoms with Crippen LogP contribution in [0.1, 0.15) is 23.1 Å². The van der Waals surface area contributed by atoms with Crippen LogP contribution in [0, 0.1) is 0 Å². The van der Waals surface area contributed by atoms with Crippen LogP contribution in [0.25, 0.3) is 0 Å². The van der Waals surface area contributed by atoms with Gasteiger partial charge >= 0.3 is 11.8 Å². The van der Waals surface area contributed by atoms with E-state index >= 15 is 0 Å². The van der Waals surface area contributed by atoms with E-state index in [0.29, 0.717) is 25.1 Å². The minimum Gasteiger partial charge on any atom is -0.472 e. The molecule has 0 saturated carbocycles. The molecule has 2 aromatic rings. The summed E-state index contributed by atoms with van der Waals surface area (Å²) < 4.78 is 4.96. The molecule has 0 unspecified atom stereocenters. The van der Waals surface area contributed by atoms with Crippen LogP contribution >= 0.6 is 0 Å². The van der Waals surface area contributed by atoms with E-state index in [4.69, 9.17) is 4.42 Å². The Morgan fingerprint density at radius 2 is 2.04 bits per heavy atom. The van der Waals surface area contributed by atoms with Crippen LogP contribution in [-0.4, -0.2) is 30.8 Å². The third kappa shape index (κ3) is 3.08. The number of benzene rings is 1. The van der Waals surface area contributed by atoms with Crippen LogP contribution < -0.4 is 15.5 Å². The van der Waals surface area contributed by atoms with Crippen molar-refractivity contribution < 1.29 is 18.8 Å². The molecule has 3 amide bonds. The topological polar surface area (TPSA) is 91.6 Å². The van der Waals surface area contributed by atoms with E-state index in [1.54, 1.807) is 18.6 Å². The molecular weight excluding hydrogens is 334 g/mol. The zero-order valence-electron chi connectivity index (χ0n) is 14.2. The van der Waals surface area contributed by atoms with E-state index in [2.05, 4.69) is 10.6 Å². The Kier molecular flexibility index (Phi) is 4.20. The van der Waals surface area contributed by atoms with Crippen LogP contribution in [0.2, 0.25) is 0 Å². The van der Waals surface area contributed by atoms with Gasteiger partial charge in [-0.1, -0.05) is 0 Å². The van der Waals surface area contributed by atoms with Crippen LogP contribution in [0.5, 0.6) is 0 Å². The van der Waals surface area contributed by atoms with Gasteiger partial charge in [-0.2, -0.15) is 0 Å². The van der Waals surface area contributed by atoms with Gasteiger partial charge in [0.15, 0.2) is 0 Å². The number of amides is 3. The Labute approximate surface area is 150 Å². The van der Waals surface area contributed by atoms with Crippen LogP contribution in [0.4, 0.5) is 11.4 Å². The SMILES string of the molecule is O=C(NCCc1ccoc1)C(=O)Nc1cc2c3c(c1)CC(=O)N3CCC2. The second-order valence-electron chi connectivity index (χ2n) is 6.56. The number of nitrogens with zero attached hydrogens (tertiary/aromatic N) is 1. The summed E-state index contributed by atoms with van der Waals surface area (Å²) in [5.41, 5.74) is 4.48. The highest BCUT2D eigenvalue weighted by atomic mass is 16.3. The Bertz CT molecular complexity index is 873. The maximum absolute atomic E-state index is 12.1. The highest BCUT2D eigenvalue weighted by Gasteiger charge is 2.32. The van der Waals surface area contributed by atoms with E-state index in [1.807, 2.05) is 17.0 Å². The van der Waals surface area contributed by atoms with E-state index in [1.165, 1.54) is 0 Å².